The molecule has 2 fully saturated rings. The molecule has 2 rings (SSSR count). The molecule has 1 N–H and O–H groups in total. The standard InChI is InChI=1S/C14H22I2N/c1-5-14(9-15)7-6-11(10(2)3)13(4,8-14)12-16-17-12/h5,11-12,17H,1-2,6-9H2,3-4H3/q-1. The Hall–Kier alpha value is 0.900. The number of rotatable bonds is 4. The molecule has 1 saturated heterocycles. The first-order valence-corrected chi connectivity index (χ1v) is 10.1. The minimum absolute atomic E-state index is 0.266. The van der Waals surface area contributed by atoms with Crippen LogP contribution in [0.1, 0.15) is 33.1 Å². The Balaban J connectivity index is 2.27. The van der Waals surface area contributed by atoms with Crippen molar-refractivity contribution in [1.82, 2.24) is 3.53 Å². The SMILES string of the molecule is C=CC1(CI)CCC(C(=C)C)C(C)(C2N[I-]2)C1. The molecule has 1 saturated carbocycles. The second kappa shape index (κ2) is 5.12. The second-order valence-corrected chi connectivity index (χ2v) is 9.16. The first-order valence-electron chi connectivity index (χ1n) is 6.20. The van der Waals surface area contributed by atoms with E-state index in [0.29, 0.717) is 16.7 Å². The van der Waals surface area contributed by atoms with E-state index in [-0.39, 0.29) is 21.5 Å². The summed E-state index contributed by atoms with van der Waals surface area (Å²) >= 11 is 2.81. The van der Waals surface area contributed by atoms with Crippen molar-refractivity contribution in [2.24, 2.45) is 16.7 Å². The van der Waals surface area contributed by atoms with Crippen LogP contribution >= 0.6 is 22.6 Å². The topological polar surface area (TPSA) is 21.9 Å². The Morgan fingerprint density at radius 2 is 2.29 bits per heavy atom. The van der Waals surface area contributed by atoms with Gasteiger partial charge in [0, 0.05) is 0 Å². The van der Waals surface area contributed by atoms with Gasteiger partial charge in [-0.3, -0.25) is 0 Å². The molecule has 0 aromatic rings. The fourth-order valence-electron chi connectivity index (χ4n) is 3.43. The molecular weight excluding hydrogens is 436 g/mol. The van der Waals surface area contributed by atoms with Gasteiger partial charge >= 0.3 is 131 Å². The van der Waals surface area contributed by atoms with E-state index in [2.05, 4.69) is 59.2 Å². The van der Waals surface area contributed by atoms with E-state index in [1.807, 2.05) is 0 Å². The summed E-state index contributed by atoms with van der Waals surface area (Å²) in [6.45, 7) is 13.0. The van der Waals surface area contributed by atoms with Crippen LogP contribution in [0.2, 0.25) is 0 Å². The Kier molecular flexibility index (Phi) is 4.31. The fourth-order valence-corrected chi connectivity index (χ4v) is 6.65. The molecule has 0 spiro atoms. The van der Waals surface area contributed by atoms with Crippen LogP contribution in [-0.4, -0.2) is 8.48 Å². The molecule has 0 aromatic heterocycles. The summed E-state index contributed by atoms with van der Waals surface area (Å²) in [5.41, 5.74) is 2.18. The van der Waals surface area contributed by atoms with Gasteiger partial charge in [-0.2, -0.15) is 0 Å². The number of halogens is 2. The van der Waals surface area contributed by atoms with Crippen molar-refractivity contribution in [3.8, 4) is 0 Å². The van der Waals surface area contributed by atoms with Gasteiger partial charge in [-0.15, -0.1) is 0 Å². The first kappa shape index (κ1) is 14.3. The molecule has 0 radical (unpaired) electrons. The first-order chi connectivity index (χ1) is 7.97. The summed E-state index contributed by atoms with van der Waals surface area (Å²) in [6.07, 6.45) is 6.11. The molecule has 4 unspecified atom stereocenters. The van der Waals surface area contributed by atoms with Crippen molar-refractivity contribution in [2.45, 2.75) is 37.2 Å². The zero-order valence-electron chi connectivity index (χ0n) is 10.7. The molecule has 1 heterocycles. The number of hydrogen-bond donors (Lipinski definition) is 1. The van der Waals surface area contributed by atoms with Crippen molar-refractivity contribution < 1.29 is 21.5 Å². The van der Waals surface area contributed by atoms with Gasteiger partial charge in [0.05, 0.1) is 0 Å². The molecule has 98 valence electrons. The zero-order chi connectivity index (χ0) is 12.7. The summed E-state index contributed by atoms with van der Waals surface area (Å²) in [7, 11) is 0. The van der Waals surface area contributed by atoms with Crippen LogP contribution in [0.5, 0.6) is 0 Å². The van der Waals surface area contributed by atoms with E-state index in [1.54, 1.807) is 0 Å². The molecule has 17 heavy (non-hydrogen) atoms. The molecule has 1 aliphatic heterocycles. The van der Waals surface area contributed by atoms with Crippen LogP contribution in [0.25, 0.3) is 0 Å². The molecule has 4 atom stereocenters. The third kappa shape index (κ3) is 2.61. The van der Waals surface area contributed by atoms with Crippen LogP contribution in [-0.2, 0) is 0 Å². The molecule has 2 aliphatic rings. The van der Waals surface area contributed by atoms with Gasteiger partial charge in [-0.25, -0.2) is 0 Å². The summed E-state index contributed by atoms with van der Waals surface area (Å²) in [6, 6.07) is 0. The summed E-state index contributed by atoms with van der Waals surface area (Å²) < 4.78 is 5.66. The number of alkyl halides is 2. The molecule has 3 heteroatoms. The number of hydrogen-bond acceptors (Lipinski definition) is 1. The minimum atomic E-state index is 0.266. The van der Waals surface area contributed by atoms with E-state index in [9.17, 15) is 0 Å². The quantitative estimate of drug-likeness (QED) is 0.166. The Morgan fingerprint density at radius 1 is 1.65 bits per heavy atom. The summed E-state index contributed by atoms with van der Waals surface area (Å²) in [5.74, 6) is 0.707. The van der Waals surface area contributed by atoms with Crippen molar-refractivity contribution in [3.63, 3.8) is 0 Å². The van der Waals surface area contributed by atoms with E-state index in [4.69, 9.17) is 0 Å². The molecule has 0 aromatic carbocycles. The van der Waals surface area contributed by atoms with Gasteiger partial charge in [0.2, 0.25) is 0 Å². The predicted octanol–water partition coefficient (Wildman–Crippen LogP) is 0.910. The number of nitrogens with one attached hydrogen (secondary N) is 1. The fraction of sp³-hybridized carbons (Fsp3) is 0.714. The van der Waals surface area contributed by atoms with Crippen LogP contribution < -0.4 is 25.0 Å². The molecule has 1 aliphatic carbocycles. The van der Waals surface area contributed by atoms with Gasteiger partial charge in [-0.05, 0) is 0 Å². The normalized spacial score (nSPS) is 45.8. The number of allylic oxidation sites excluding steroid dienone is 2. The summed E-state index contributed by atoms with van der Waals surface area (Å²) in [5, 5.41) is 0. The Labute approximate surface area is 130 Å². The van der Waals surface area contributed by atoms with Gasteiger partial charge < -0.3 is 0 Å². The van der Waals surface area contributed by atoms with Gasteiger partial charge in [0.1, 0.15) is 0 Å². The average Bonchev–Trinajstić information content (AvgIpc) is 3.12. The summed E-state index contributed by atoms with van der Waals surface area (Å²) in [4.78, 5) is 0. The van der Waals surface area contributed by atoms with Crippen LogP contribution in [0.4, 0.5) is 0 Å². The Bertz CT molecular complexity index is 337. The van der Waals surface area contributed by atoms with Crippen LogP contribution in [0.15, 0.2) is 24.8 Å². The maximum absolute atomic E-state index is 4.24. The predicted molar refractivity (Wildman–Crippen MR) is 78.7 cm³/mol. The van der Waals surface area contributed by atoms with Crippen LogP contribution in [0.3, 0.4) is 0 Å². The zero-order valence-corrected chi connectivity index (χ0v) is 15.0. The monoisotopic (exact) mass is 458 g/mol. The van der Waals surface area contributed by atoms with E-state index >= 15 is 0 Å². The molecule has 0 bridgehead atoms. The molecule has 1 nitrogen and oxygen atoms in total. The van der Waals surface area contributed by atoms with Gasteiger partial charge in [0.25, 0.3) is 0 Å². The third-order valence-corrected chi connectivity index (χ3v) is 8.74. The Morgan fingerprint density at radius 3 is 2.71 bits per heavy atom. The van der Waals surface area contributed by atoms with Gasteiger partial charge in [-0.1, -0.05) is 0 Å². The molecular formula is C14H22I2N-. The second-order valence-electron chi connectivity index (χ2n) is 5.90. The third-order valence-electron chi connectivity index (χ3n) is 4.55. The van der Waals surface area contributed by atoms with E-state index < -0.39 is 0 Å². The van der Waals surface area contributed by atoms with Crippen molar-refractivity contribution in [2.75, 3.05) is 4.43 Å². The van der Waals surface area contributed by atoms with Crippen molar-refractivity contribution >= 4 is 22.6 Å². The molecule has 0 amide bonds. The van der Waals surface area contributed by atoms with E-state index in [0.717, 1.165) is 4.05 Å². The van der Waals surface area contributed by atoms with Crippen molar-refractivity contribution in [1.29, 1.82) is 0 Å². The van der Waals surface area contributed by atoms with Crippen LogP contribution in [0, 0.1) is 16.7 Å². The maximum atomic E-state index is 4.24. The van der Waals surface area contributed by atoms with Gasteiger partial charge in [0.15, 0.2) is 0 Å². The average molecular weight is 458 g/mol. The van der Waals surface area contributed by atoms with Crippen molar-refractivity contribution in [3.05, 3.63) is 24.8 Å². The van der Waals surface area contributed by atoms with E-state index in [1.165, 1.54) is 29.3 Å².